The van der Waals surface area contributed by atoms with E-state index in [0.29, 0.717) is 0 Å². The lowest BCUT2D eigenvalue weighted by molar-refractivity contribution is -0.354. The SMILES string of the molecule is Cc1ccc2[nH+]c(C)cc(Nc3ccc(I)cc3)c2c1. The highest BCUT2D eigenvalue weighted by Gasteiger charge is 2.09. The number of aryl methyl sites for hydroxylation is 2. The van der Waals surface area contributed by atoms with Gasteiger partial charge in [-0.3, -0.25) is 0 Å². The molecule has 100 valence electrons. The fraction of sp³-hybridized carbons (Fsp3) is 0.118. The molecule has 2 N–H and O–H groups in total. The molecule has 0 unspecified atom stereocenters. The maximum Gasteiger partial charge on any atom is 0.213 e. The molecule has 2 nitrogen and oxygen atoms in total. The molecule has 2 aromatic carbocycles. The first-order valence-electron chi connectivity index (χ1n) is 6.58. The largest absolute Gasteiger partial charge is 0.355 e. The second kappa shape index (κ2) is 5.40. The predicted octanol–water partition coefficient (Wildman–Crippen LogP) is 4.62. The quantitative estimate of drug-likeness (QED) is 0.650. The highest BCUT2D eigenvalue weighted by atomic mass is 127. The Kier molecular flexibility index (Phi) is 3.61. The summed E-state index contributed by atoms with van der Waals surface area (Å²) in [7, 11) is 0. The molecule has 3 heteroatoms. The number of pyridine rings is 1. The van der Waals surface area contributed by atoms with E-state index in [9.17, 15) is 0 Å². The molecule has 0 amide bonds. The number of hydrogen-bond donors (Lipinski definition) is 1. The molecule has 0 fully saturated rings. The van der Waals surface area contributed by atoms with Gasteiger partial charge in [-0.05, 0) is 65.4 Å². The summed E-state index contributed by atoms with van der Waals surface area (Å²) in [6.45, 7) is 4.20. The zero-order valence-corrected chi connectivity index (χ0v) is 13.7. The van der Waals surface area contributed by atoms with Gasteiger partial charge in [0.15, 0.2) is 5.69 Å². The van der Waals surface area contributed by atoms with Crippen molar-refractivity contribution in [3.8, 4) is 0 Å². The van der Waals surface area contributed by atoms with Crippen molar-refractivity contribution >= 4 is 44.9 Å². The molecule has 1 aromatic heterocycles. The van der Waals surface area contributed by atoms with Crippen LogP contribution in [-0.4, -0.2) is 0 Å². The van der Waals surface area contributed by atoms with Crippen molar-refractivity contribution in [3.63, 3.8) is 0 Å². The number of halogens is 1. The lowest BCUT2D eigenvalue weighted by Crippen LogP contribution is -2.10. The number of aromatic amines is 1. The predicted molar refractivity (Wildman–Crippen MR) is 92.4 cm³/mol. The van der Waals surface area contributed by atoms with E-state index in [-0.39, 0.29) is 0 Å². The Morgan fingerprint density at radius 3 is 2.45 bits per heavy atom. The summed E-state index contributed by atoms with van der Waals surface area (Å²) in [6.07, 6.45) is 0. The van der Waals surface area contributed by atoms with Gasteiger partial charge in [0.05, 0.1) is 11.1 Å². The highest BCUT2D eigenvalue weighted by Crippen LogP contribution is 2.26. The van der Waals surface area contributed by atoms with Gasteiger partial charge in [-0.15, -0.1) is 0 Å². The molecule has 0 saturated heterocycles. The monoisotopic (exact) mass is 375 g/mol. The molecule has 1 heterocycles. The molecular weight excluding hydrogens is 359 g/mol. The minimum atomic E-state index is 1.11. The molecular formula is C17H16IN2+. The number of rotatable bonds is 2. The van der Waals surface area contributed by atoms with Crippen LogP contribution in [0.1, 0.15) is 11.3 Å². The van der Waals surface area contributed by atoms with Gasteiger partial charge in [-0.25, -0.2) is 4.98 Å². The van der Waals surface area contributed by atoms with E-state index in [1.54, 1.807) is 0 Å². The smallest absolute Gasteiger partial charge is 0.213 e. The van der Waals surface area contributed by atoms with Crippen LogP contribution >= 0.6 is 22.6 Å². The van der Waals surface area contributed by atoms with Gasteiger partial charge >= 0.3 is 0 Å². The number of hydrogen-bond acceptors (Lipinski definition) is 1. The molecule has 0 aliphatic carbocycles. The Hall–Kier alpha value is -1.62. The van der Waals surface area contributed by atoms with E-state index < -0.39 is 0 Å². The normalized spacial score (nSPS) is 10.8. The number of fused-ring (bicyclic) bond motifs is 1. The Balaban J connectivity index is 2.10. The van der Waals surface area contributed by atoms with Crippen LogP contribution in [0.3, 0.4) is 0 Å². The summed E-state index contributed by atoms with van der Waals surface area (Å²) in [5.74, 6) is 0. The summed E-state index contributed by atoms with van der Waals surface area (Å²) >= 11 is 2.32. The molecule has 3 aromatic rings. The fourth-order valence-corrected chi connectivity index (χ4v) is 2.68. The molecule has 20 heavy (non-hydrogen) atoms. The van der Waals surface area contributed by atoms with E-state index >= 15 is 0 Å². The van der Waals surface area contributed by atoms with Crippen molar-refractivity contribution in [2.24, 2.45) is 0 Å². The van der Waals surface area contributed by atoms with Crippen LogP contribution in [0.15, 0.2) is 48.5 Å². The number of aromatic nitrogens is 1. The third-order valence-corrected chi connectivity index (χ3v) is 4.00. The number of H-pyrrole nitrogens is 1. The van der Waals surface area contributed by atoms with Crippen LogP contribution in [0.25, 0.3) is 10.9 Å². The van der Waals surface area contributed by atoms with Crippen LogP contribution in [0, 0.1) is 17.4 Å². The molecule has 0 saturated carbocycles. The fourth-order valence-electron chi connectivity index (χ4n) is 2.32. The number of nitrogens with one attached hydrogen (secondary N) is 2. The third-order valence-electron chi connectivity index (χ3n) is 3.28. The molecule has 0 aliphatic heterocycles. The van der Waals surface area contributed by atoms with Crippen molar-refractivity contribution in [3.05, 3.63) is 63.4 Å². The maximum absolute atomic E-state index is 3.52. The molecule has 0 spiro atoms. The summed E-state index contributed by atoms with van der Waals surface area (Å²) in [4.78, 5) is 3.41. The maximum atomic E-state index is 3.52. The first-order valence-corrected chi connectivity index (χ1v) is 7.65. The average molecular weight is 375 g/mol. The Labute approximate surface area is 132 Å². The van der Waals surface area contributed by atoms with Gasteiger partial charge < -0.3 is 5.32 Å². The van der Waals surface area contributed by atoms with Gasteiger partial charge in [-0.1, -0.05) is 6.07 Å². The summed E-state index contributed by atoms with van der Waals surface area (Å²) < 4.78 is 1.24. The van der Waals surface area contributed by atoms with Gasteiger partial charge in [0.1, 0.15) is 0 Å². The summed E-state index contributed by atoms with van der Waals surface area (Å²) in [5, 5.41) is 4.74. The molecule has 0 aliphatic rings. The Morgan fingerprint density at radius 1 is 0.950 bits per heavy atom. The average Bonchev–Trinajstić information content (AvgIpc) is 2.42. The topological polar surface area (TPSA) is 26.2 Å². The summed E-state index contributed by atoms with van der Waals surface area (Å²) in [5.41, 5.74) is 5.82. The lowest BCUT2D eigenvalue weighted by Gasteiger charge is -2.09. The van der Waals surface area contributed by atoms with Crippen LogP contribution < -0.4 is 10.3 Å². The third kappa shape index (κ3) is 2.77. The van der Waals surface area contributed by atoms with Gasteiger partial charge in [0, 0.05) is 28.3 Å². The van der Waals surface area contributed by atoms with Crippen molar-refractivity contribution in [2.45, 2.75) is 13.8 Å². The first-order chi connectivity index (χ1) is 9.61. The standard InChI is InChI=1S/C17H15IN2/c1-11-3-8-16-15(9-11)17(10-12(2)19-16)20-14-6-4-13(18)5-7-14/h3-10H,1-2H3,(H,19,20)/p+1. The van der Waals surface area contributed by atoms with E-state index in [0.717, 1.165) is 22.6 Å². The number of benzene rings is 2. The van der Waals surface area contributed by atoms with E-state index in [1.165, 1.54) is 14.5 Å². The van der Waals surface area contributed by atoms with Crippen molar-refractivity contribution in [1.82, 2.24) is 0 Å². The van der Waals surface area contributed by atoms with Crippen molar-refractivity contribution in [1.29, 1.82) is 0 Å². The van der Waals surface area contributed by atoms with Crippen molar-refractivity contribution in [2.75, 3.05) is 5.32 Å². The molecule has 0 radical (unpaired) electrons. The lowest BCUT2D eigenvalue weighted by atomic mass is 10.1. The van der Waals surface area contributed by atoms with Crippen LogP contribution in [-0.2, 0) is 0 Å². The van der Waals surface area contributed by atoms with Crippen LogP contribution in [0.2, 0.25) is 0 Å². The zero-order chi connectivity index (χ0) is 14.1. The molecule has 3 rings (SSSR count). The van der Waals surface area contributed by atoms with E-state index in [2.05, 4.69) is 95.3 Å². The van der Waals surface area contributed by atoms with Gasteiger partial charge in [0.25, 0.3) is 0 Å². The van der Waals surface area contributed by atoms with Gasteiger partial charge in [0.2, 0.25) is 5.52 Å². The highest BCUT2D eigenvalue weighted by molar-refractivity contribution is 14.1. The second-order valence-corrected chi connectivity index (χ2v) is 6.29. The van der Waals surface area contributed by atoms with Crippen LogP contribution in [0.4, 0.5) is 11.4 Å². The van der Waals surface area contributed by atoms with Crippen molar-refractivity contribution < 1.29 is 4.98 Å². The Bertz CT molecular complexity index is 764. The summed E-state index contributed by atoms with van der Waals surface area (Å²) in [6, 6.07) is 17.1. The number of anilines is 2. The Morgan fingerprint density at radius 2 is 1.70 bits per heavy atom. The zero-order valence-electron chi connectivity index (χ0n) is 11.5. The van der Waals surface area contributed by atoms with E-state index in [4.69, 9.17) is 0 Å². The molecule has 0 atom stereocenters. The van der Waals surface area contributed by atoms with Crippen LogP contribution in [0.5, 0.6) is 0 Å². The molecule has 0 bridgehead atoms. The minimum absolute atomic E-state index is 1.11. The van der Waals surface area contributed by atoms with E-state index in [1.807, 2.05) is 0 Å². The minimum Gasteiger partial charge on any atom is -0.355 e. The first kappa shape index (κ1) is 13.4. The van der Waals surface area contributed by atoms with Gasteiger partial charge in [-0.2, -0.15) is 0 Å². The second-order valence-electron chi connectivity index (χ2n) is 5.05.